The Balaban J connectivity index is 1.54. The topological polar surface area (TPSA) is 129 Å². The van der Waals surface area contributed by atoms with E-state index in [0.29, 0.717) is 18.0 Å². The molecule has 1 aliphatic heterocycles. The molecule has 1 aliphatic carbocycles. The molecule has 2 aromatic rings. The summed E-state index contributed by atoms with van der Waals surface area (Å²) in [5.41, 5.74) is 8.30. The fraction of sp³-hybridized carbons (Fsp3) is 0.348. The Labute approximate surface area is 180 Å². The van der Waals surface area contributed by atoms with E-state index in [9.17, 15) is 19.6 Å². The zero-order chi connectivity index (χ0) is 22.0. The Kier molecular flexibility index (Phi) is 5.67. The molecule has 8 heteroatoms. The van der Waals surface area contributed by atoms with Crippen LogP contribution in [0.1, 0.15) is 71.1 Å². The van der Waals surface area contributed by atoms with Gasteiger partial charge in [-0.25, -0.2) is 0 Å². The molecule has 2 aliphatic rings. The van der Waals surface area contributed by atoms with E-state index in [1.54, 1.807) is 4.90 Å². The van der Waals surface area contributed by atoms with Crippen molar-refractivity contribution in [1.82, 2.24) is 9.88 Å². The minimum absolute atomic E-state index is 0.145. The van der Waals surface area contributed by atoms with Gasteiger partial charge < -0.3 is 16.0 Å². The van der Waals surface area contributed by atoms with E-state index in [1.165, 1.54) is 18.5 Å². The number of piperidine rings is 1. The number of carbonyl (C=O) groups is 3. The number of nitriles is 1. The maximum atomic E-state index is 13.0. The van der Waals surface area contributed by atoms with Gasteiger partial charge in [0.2, 0.25) is 5.91 Å². The zero-order valence-corrected chi connectivity index (χ0v) is 17.0. The van der Waals surface area contributed by atoms with Crippen molar-refractivity contribution >= 4 is 23.4 Å². The highest BCUT2D eigenvalue weighted by molar-refractivity contribution is 6.39. The Morgan fingerprint density at radius 3 is 2.65 bits per heavy atom. The summed E-state index contributed by atoms with van der Waals surface area (Å²) in [5, 5.41) is 11.9. The first-order valence-corrected chi connectivity index (χ1v) is 10.4. The number of nitrogens with zero attached hydrogens (tertiary/aromatic N) is 3. The number of hydrogen-bond donors (Lipinski definition) is 2. The zero-order valence-electron chi connectivity index (χ0n) is 17.0. The number of rotatable bonds is 4. The fourth-order valence-electron chi connectivity index (χ4n) is 4.10. The third-order valence-corrected chi connectivity index (χ3v) is 5.84. The number of hydrogen-bond acceptors (Lipinski definition) is 5. The smallest absolute Gasteiger partial charge is 0.313 e. The van der Waals surface area contributed by atoms with Crippen LogP contribution in [0.25, 0.3) is 0 Å². The van der Waals surface area contributed by atoms with Crippen molar-refractivity contribution in [3.63, 3.8) is 0 Å². The van der Waals surface area contributed by atoms with Crippen LogP contribution in [0.2, 0.25) is 0 Å². The van der Waals surface area contributed by atoms with Gasteiger partial charge in [0.05, 0.1) is 35.1 Å². The molecule has 158 valence electrons. The maximum absolute atomic E-state index is 13.0. The lowest BCUT2D eigenvalue weighted by Gasteiger charge is -2.35. The highest BCUT2D eigenvalue weighted by Crippen LogP contribution is 2.43. The number of primary amides is 1. The molecule has 1 atom stereocenters. The van der Waals surface area contributed by atoms with Crippen molar-refractivity contribution < 1.29 is 14.4 Å². The second kappa shape index (κ2) is 8.56. The molecule has 4 rings (SSSR count). The summed E-state index contributed by atoms with van der Waals surface area (Å²) in [7, 11) is 0. The molecule has 3 N–H and O–H groups in total. The van der Waals surface area contributed by atoms with Crippen molar-refractivity contribution in [1.29, 1.82) is 5.26 Å². The van der Waals surface area contributed by atoms with Gasteiger partial charge in [0.1, 0.15) is 0 Å². The average Bonchev–Trinajstić information content (AvgIpc) is 3.63. The third kappa shape index (κ3) is 4.40. The lowest BCUT2D eigenvalue weighted by Crippen LogP contribution is -2.44. The molecular formula is C23H23N5O3. The molecule has 0 bridgehead atoms. The highest BCUT2D eigenvalue weighted by atomic mass is 16.2. The van der Waals surface area contributed by atoms with Crippen molar-refractivity contribution in [3.8, 4) is 6.07 Å². The predicted octanol–water partition coefficient (Wildman–Crippen LogP) is 2.62. The van der Waals surface area contributed by atoms with Crippen LogP contribution in [0.5, 0.6) is 0 Å². The summed E-state index contributed by atoms with van der Waals surface area (Å²) < 4.78 is 0. The number of benzene rings is 1. The number of aromatic nitrogens is 1. The van der Waals surface area contributed by atoms with E-state index >= 15 is 0 Å². The summed E-state index contributed by atoms with van der Waals surface area (Å²) >= 11 is 0. The SMILES string of the molecule is N#Cc1ccc([C@@H]2CCCCN2C(=O)C(=O)Nc2cncc(C(N)=O)c2)cc1C1CC1. The molecule has 0 unspecified atom stereocenters. The third-order valence-electron chi connectivity index (χ3n) is 5.84. The summed E-state index contributed by atoms with van der Waals surface area (Å²) in [5.74, 6) is -1.67. The van der Waals surface area contributed by atoms with E-state index < -0.39 is 17.7 Å². The van der Waals surface area contributed by atoms with Crippen LogP contribution in [0.4, 0.5) is 5.69 Å². The number of nitrogens with one attached hydrogen (secondary N) is 1. The Bertz CT molecular complexity index is 1090. The molecule has 2 heterocycles. The largest absolute Gasteiger partial charge is 0.366 e. The van der Waals surface area contributed by atoms with E-state index in [1.807, 2.05) is 18.2 Å². The number of pyridine rings is 1. The molecule has 1 aromatic heterocycles. The summed E-state index contributed by atoms with van der Waals surface area (Å²) in [6, 6.07) is 9.17. The first-order chi connectivity index (χ1) is 15.0. The maximum Gasteiger partial charge on any atom is 0.313 e. The Hall–Kier alpha value is -3.73. The van der Waals surface area contributed by atoms with Gasteiger partial charge in [-0.15, -0.1) is 0 Å². The number of amides is 3. The van der Waals surface area contributed by atoms with Crippen molar-refractivity contribution in [2.24, 2.45) is 5.73 Å². The summed E-state index contributed by atoms with van der Waals surface area (Å²) in [6.07, 6.45) is 7.34. The van der Waals surface area contributed by atoms with Gasteiger partial charge in [-0.1, -0.05) is 12.1 Å². The predicted molar refractivity (Wildman–Crippen MR) is 113 cm³/mol. The van der Waals surface area contributed by atoms with Crippen molar-refractivity contribution in [2.45, 2.75) is 44.1 Å². The van der Waals surface area contributed by atoms with Crippen LogP contribution >= 0.6 is 0 Å². The second-order valence-corrected chi connectivity index (χ2v) is 8.02. The molecule has 0 radical (unpaired) electrons. The van der Waals surface area contributed by atoms with Crippen molar-refractivity contribution in [2.75, 3.05) is 11.9 Å². The molecule has 2 fully saturated rings. The van der Waals surface area contributed by atoms with E-state index in [-0.39, 0.29) is 17.3 Å². The Morgan fingerprint density at radius 1 is 1.13 bits per heavy atom. The molecule has 3 amide bonds. The van der Waals surface area contributed by atoms with Gasteiger partial charge in [0.15, 0.2) is 0 Å². The van der Waals surface area contributed by atoms with Gasteiger partial charge in [-0.2, -0.15) is 5.26 Å². The van der Waals surface area contributed by atoms with Gasteiger partial charge in [0, 0.05) is 12.7 Å². The van der Waals surface area contributed by atoms with Crippen LogP contribution in [-0.4, -0.2) is 34.2 Å². The van der Waals surface area contributed by atoms with E-state index in [4.69, 9.17) is 5.73 Å². The molecule has 1 saturated carbocycles. The molecule has 1 aromatic carbocycles. The lowest BCUT2D eigenvalue weighted by atomic mass is 9.91. The minimum Gasteiger partial charge on any atom is -0.366 e. The van der Waals surface area contributed by atoms with E-state index in [0.717, 1.165) is 43.2 Å². The van der Waals surface area contributed by atoms with Crippen LogP contribution < -0.4 is 11.1 Å². The average molecular weight is 417 g/mol. The van der Waals surface area contributed by atoms with Gasteiger partial charge >= 0.3 is 11.8 Å². The standard InChI is InChI=1S/C23H23N5O3/c24-11-16-7-6-15(10-19(16)14-4-5-14)20-3-1-2-8-28(20)23(31)22(30)27-18-9-17(21(25)29)12-26-13-18/h6-7,9-10,12-14,20H,1-5,8H2,(H2,25,29)(H,27,30)/t20-/m0/s1. The quantitative estimate of drug-likeness (QED) is 0.739. The molecular weight excluding hydrogens is 394 g/mol. The first-order valence-electron chi connectivity index (χ1n) is 10.4. The summed E-state index contributed by atoms with van der Waals surface area (Å²) in [6.45, 7) is 0.481. The van der Waals surface area contributed by atoms with Crippen LogP contribution in [0, 0.1) is 11.3 Å². The Morgan fingerprint density at radius 2 is 1.94 bits per heavy atom. The second-order valence-electron chi connectivity index (χ2n) is 8.02. The molecule has 0 spiro atoms. The monoisotopic (exact) mass is 417 g/mol. The van der Waals surface area contributed by atoms with E-state index in [2.05, 4.69) is 16.4 Å². The number of nitrogens with two attached hydrogens (primary N) is 1. The molecule has 1 saturated heterocycles. The van der Waals surface area contributed by atoms with Crippen LogP contribution in [0.3, 0.4) is 0 Å². The number of carbonyl (C=O) groups excluding carboxylic acids is 3. The first kappa shape index (κ1) is 20.5. The minimum atomic E-state index is -0.786. The fourth-order valence-corrected chi connectivity index (χ4v) is 4.10. The summed E-state index contributed by atoms with van der Waals surface area (Å²) in [4.78, 5) is 42.5. The number of anilines is 1. The lowest BCUT2D eigenvalue weighted by molar-refractivity contribution is -0.145. The van der Waals surface area contributed by atoms with Gasteiger partial charge in [-0.05, 0) is 61.3 Å². The van der Waals surface area contributed by atoms with Gasteiger partial charge in [-0.3, -0.25) is 19.4 Å². The van der Waals surface area contributed by atoms with Gasteiger partial charge in [0.25, 0.3) is 0 Å². The normalized spacial score (nSPS) is 18.2. The molecule has 31 heavy (non-hydrogen) atoms. The van der Waals surface area contributed by atoms with Crippen LogP contribution in [0.15, 0.2) is 36.7 Å². The van der Waals surface area contributed by atoms with Crippen LogP contribution in [-0.2, 0) is 9.59 Å². The highest BCUT2D eigenvalue weighted by Gasteiger charge is 2.33. The van der Waals surface area contributed by atoms with Crippen molar-refractivity contribution in [3.05, 3.63) is 58.9 Å². The molecule has 8 nitrogen and oxygen atoms in total. The number of likely N-dealkylation sites (tertiary alicyclic amines) is 1.